The minimum Gasteiger partial charge on any atom is -0.481 e. The Labute approximate surface area is 163 Å². The zero-order chi connectivity index (χ0) is 19.8. The van der Waals surface area contributed by atoms with E-state index in [1.54, 1.807) is 29.2 Å². The number of carboxylic acids is 1. The third kappa shape index (κ3) is 6.84. The van der Waals surface area contributed by atoms with Crippen LogP contribution in [0.2, 0.25) is 5.02 Å². The first-order valence-electron chi connectivity index (χ1n) is 8.98. The highest BCUT2D eigenvalue weighted by Crippen LogP contribution is 2.23. The van der Waals surface area contributed by atoms with Crippen molar-refractivity contribution < 1.29 is 24.2 Å². The Bertz CT molecular complexity index is 659. The van der Waals surface area contributed by atoms with Gasteiger partial charge in [-0.15, -0.1) is 0 Å². The standard InChI is InChI=1S/C19H25ClN2O5/c1-13(23)21-17(14-2-4-15(20)5-3-14)12-18(24)22(9-6-19(25)26)16-7-10-27-11-8-16/h2-5,16-17H,6-12H2,1H3,(H,21,23)(H,25,26)/t17-/m1/s1. The van der Waals surface area contributed by atoms with E-state index >= 15 is 0 Å². The molecule has 0 spiro atoms. The van der Waals surface area contributed by atoms with Crippen molar-refractivity contribution in [2.75, 3.05) is 19.8 Å². The van der Waals surface area contributed by atoms with Crippen molar-refractivity contribution >= 4 is 29.4 Å². The van der Waals surface area contributed by atoms with Crippen LogP contribution in [0.25, 0.3) is 0 Å². The van der Waals surface area contributed by atoms with Crippen LogP contribution >= 0.6 is 11.6 Å². The first-order valence-corrected chi connectivity index (χ1v) is 9.36. The fourth-order valence-electron chi connectivity index (χ4n) is 3.21. The fraction of sp³-hybridized carbons (Fsp3) is 0.526. The van der Waals surface area contributed by atoms with Gasteiger partial charge in [-0.1, -0.05) is 23.7 Å². The monoisotopic (exact) mass is 396 g/mol. The topological polar surface area (TPSA) is 95.9 Å². The fourth-order valence-corrected chi connectivity index (χ4v) is 3.33. The lowest BCUT2D eigenvalue weighted by atomic mass is 10.0. The summed E-state index contributed by atoms with van der Waals surface area (Å²) >= 11 is 5.92. The lowest BCUT2D eigenvalue weighted by Gasteiger charge is -2.35. The number of aliphatic carboxylic acids is 1. The lowest BCUT2D eigenvalue weighted by Crippen LogP contribution is -2.45. The van der Waals surface area contributed by atoms with E-state index in [4.69, 9.17) is 21.4 Å². The van der Waals surface area contributed by atoms with E-state index in [0.29, 0.717) is 31.1 Å². The normalized spacial score (nSPS) is 15.8. The number of benzene rings is 1. The molecular weight excluding hydrogens is 372 g/mol. The first kappa shape index (κ1) is 21.2. The Morgan fingerprint density at radius 2 is 1.89 bits per heavy atom. The van der Waals surface area contributed by atoms with E-state index in [1.807, 2.05) is 0 Å². The van der Waals surface area contributed by atoms with Gasteiger partial charge in [-0.25, -0.2) is 0 Å². The van der Waals surface area contributed by atoms with Crippen LogP contribution in [0.4, 0.5) is 0 Å². The van der Waals surface area contributed by atoms with Gasteiger partial charge in [0.05, 0.1) is 18.9 Å². The van der Waals surface area contributed by atoms with Crippen molar-refractivity contribution in [2.45, 2.75) is 44.7 Å². The van der Waals surface area contributed by atoms with E-state index < -0.39 is 12.0 Å². The van der Waals surface area contributed by atoms with Gasteiger partial charge < -0.3 is 20.1 Å². The Morgan fingerprint density at radius 1 is 1.26 bits per heavy atom. The summed E-state index contributed by atoms with van der Waals surface area (Å²) in [5.74, 6) is -1.38. The summed E-state index contributed by atoms with van der Waals surface area (Å²) in [6.07, 6.45) is 1.29. The van der Waals surface area contributed by atoms with Crippen LogP contribution in [0.1, 0.15) is 44.2 Å². The average Bonchev–Trinajstić information content (AvgIpc) is 2.62. The predicted octanol–water partition coefficient (Wildman–Crippen LogP) is 2.39. The van der Waals surface area contributed by atoms with Crippen LogP contribution < -0.4 is 5.32 Å². The molecule has 1 aliphatic heterocycles. The van der Waals surface area contributed by atoms with Gasteiger partial charge in [0, 0.05) is 37.7 Å². The molecule has 0 saturated carbocycles. The zero-order valence-corrected chi connectivity index (χ0v) is 16.1. The Hall–Kier alpha value is -2.12. The number of nitrogens with one attached hydrogen (secondary N) is 1. The number of carbonyl (C=O) groups excluding carboxylic acids is 2. The number of hydrogen-bond donors (Lipinski definition) is 2. The second-order valence-electron chi connectivity index (χ2n) is 6.58. The molecule has 1 heterocycles. The summed E-state index contributed by atoms with van der Waals surface area (Å²) in [5.41, 5.74) is 0.771. The molecule has 1 saturated heterocycles. The minimum atomic E-state index is -0.948. The second kappa shape index (κ2) is 10.3. The number of amides is 2. The molecule has 2 N–H and O–H groups in total. The van der Waals surface area contributed by atoms with Crippen LogP contribution in [-0.4, -0.2) is 53.6 Å². The molecule has 0 radical (unpaired) electrons. The summed E-state index contributed by atoms with van der Waals surface area (Å²) in [6.45, 7) is 2.64. The predicted molar refractivity (Wildman–Crippen MR) is 100 cm³/mol. The number of nitrogens with zero attached hydrogens (tertiary/aromatic N) is 1. The van der Waals surface area contributed by atoms with Gasteiger partial charge >= 0.3 is 5.97 Å². The maximum absolute atomic E-state index is 13.0. The van der Waals surface area contributed by atoms with Gasteiger partial charge in [-0.2, -0.15) is 0 Å². The van der Waals surface area contributed by atoms with Gasteiger partial charge in [0.15, 0.2) is 0 Å². The summed E-state index contributed by atoms with van der Waals surface area (Å²) < 4.78 is 5.35. The van der Waals surface area contributed by atoms with E-state index in [-0.39, 0.29) is 37.2 Å². The third-order valence-electron chi connectivity index (χ3n) is 4.55. The van der Waals surface area contributed by atoms with Crippen molar-refractivity contribution in [2.24, 2.45) is 0 Å². The number of ether oxygens (including phenoxy) is 1. The maximum Gasteiger partial charge on any atom is 0.305 e. The third-order valence-corrected chi connectivity index (χ3v) is 4.80. The smallest absolute Gasteiger partial charge is 0.305 e. The van der Waals surface area contributed by atoms with Gasteiger partial charge in [-0.05, 0) is 30.5 Å². The molecule has 0 bridgehead atoms. The van der Waals surface area contributed by atoms with Crippen LogP contribution in [0, 0.1) is 0 Å². The average molecular weight is 397 g/mol. The Morgan fingerprint density at radius 3 is 2.44 bits per heavy atom. The van der Waals surface area contributed by atoms with Crippen molar-refractivity contribution in [1.82, 2.24) is 10.2 Å². The molecule has 2 rings (SSSR count). The van der Waals surface area contributed by atoms with Crippen molar-refractivity contribution in [3.8, 4) is 0 Å². The van der Waals surface area contributed by atoms with Gasteiger partial charge in [0.2, 0.25) is 11.8 Å². The molecule has 1 fully saturated rings. The molecule has 1 aliphatic rings. The molecule has 148 valence electrons. The molecule has 7 nitrogen and oxygen atoms in total. The zero-order valence-electron chi connectivity index (χ0n) is 15.3. The highest BCUT2D eigenvalue weighted by molar-refractivity contribution is 6.30. The Balaban J connectivity index is 2.15. The van der Waals surface area contributed by atoms with Crippen LogP contribution in [0.15, 0.2) is 24.3 Å². The minimum absolute atomic E-state index is 0.0474. The molecule has 2 amide bonds. The number of carboxylic acid groups (broad SMARTS) is 1. The number of carbonyl (C=O) groups is 3. The van der Waals surface area contributed by atoms with Crippen LogP contribution in [0.5, 0.6) is 0 Å². The van der Waals surface area contributed by atoms with Crippen molar-refractivity contribution in [3.63, 3.8) is 0 Å². The number of hydrogen-bond acceptors (Lipinski definition) is 4. The van der Waals surface area contributed by atoms with E-state index in [9.17, 15) is 14.4 Å². The quantitative estimate of drug-likeness (QED) is 0.703. The largest absolute Gasteiger partial charge is 0.481 e. The number of rotatable bonds is 8. The molecular formula is C19H25ClN2O5. The summed E-state index contributed by atoms with van der Waals surface area (Å²) in [5, 5.41) is 12.4. The molecule has 1 aromatic carbocycles. The van der Waals surface area contributed by atoms with E-state index in [1.165, 1.54) is 6.92 Å². The molecule has 0 aromatic heterocycles. The van der Waals surface area contributed by atoms with Crippen LogP contribution in [0.3, 0.4) is 0 Å². The molecule has 8 heteroatoms. The maximum atomic E-state index is 13.0. The second-order valence-corrected chi connectivity index (χ2v) is 7.02. The molecule has 0 aliphatic carbocycles. The van der Waals surface area contributed by atoms with Gasteiger partial charge in [0.25, 0.3) is 0 Å². The highest BCUT2D eigenvalue weighted by atomic mass is 35.5. The van der Waals surface area contributed by atoms with Crippen molar-refractivity contribution in [1.29, 1.82) is 0 Å². The molecule has 0 unspecified atom stereocenters. The first-order chi connectivity index (χ1) is 12.9. The summed E-state index contributed by atoms with van der Waals surface area (Å²) in [4.78, 5) is 37.2. The van der Waals surface area contributed by atoms with Crippen LogP contribution in [-0.2, 0) is 19.1 Å². The summed E-state index contributed by atoms with van der Waals surface area (Å²) in [6, 6.07) is 6.40. The summed E-state index contributed by atoms with van der Waals surface area (Å²) in [7, 11) is 0. The van der Waals surface area contributed by atoms with Crippen molar-refractivity contribution in [3.05, 3.63) is 34.9 Å². The highest BCUT2D eigenvalue weighted by Gasteiger charge is 2.28. The SMILES string of the molecule is CC(=O)N[C@H](CC(=O)N(CCC(=O)O)C1CCOCC1)c1ccc(Cl)cc1. The lowest BCUT2D eigenvalue weighted by molar-refractivity contribution is -0.140. The van der Waals surface area contributed by atoms with E-state index in [0.717, 1.165) is 5.56 Å². The van der Waals surface area contributed by atoms with E-state index in [2.05, 4.69) is 5.32 Å². The molecule has 1 aromatic rings. The molecule has 1 atom stereocenters. The number of halogens is 1. The van der Waals surface area contributed by atoms with Gasteiger partial charge in [-0.3, -0.25) is 14.4 Å². The molecule has 27 heavy (non-hydrogen) atoms. The Kier molecular flexibility index (Phi) is 8.06. The van der Waals surface area contributed by atoms with Gasteiger partial charge in [0.1, 0.15) is 0 Å².